The number of rotatable bonds is 5. The van der Waals surface area contributed by atoms with Crippen LogP contribution in [-0.2, 0) is 4.79 Å². The van der Waals surface area contributed by atoms with Gasteiger partial charge >= 0.3 is 0 Å². The number of hydrogen-bond acceptors (Lipinski definition) is 2. The molecule has 1 saturated heterocycles. The van der Waals surface area contributed by atoms with E-state index in [4.69, 9.17) is 0 Å². The lowest BCUT2D eigenvalue weighted by Gasteiger charge is -2.32. The van der Waals surface area contributed by atoms with Crippen molar-refractivity contribution in [1.82, 2.24) is 9.80 Å². The van der Waals surface area contributed by atoms with Crippen LogP contribution in [0.1, 0.15) is 55.1 Å². The van der Waals surface area contributed by atoms with Gasteiger partial charge in [0, 0.05) is 32.6 Å². The zero-order chi connectivity index (χ0) is 15.8. The largest absolute Gasteiger partial charge is 0.340 e. The van der Waals surface area contributed by atoms with Crippen LogP contribution >= 0.6 is 0 Å². The van der Waals surface area contributed by atoms with Gasteiger partial charge < -0.3 is 9.80 Å². The van der Waals surface area contributed by atoms with E-state index < -0.39 is 0 Å². The van der Waals surface area contributed by atoms with Crippen LogP contribution in [0.25, 0.3) is 0 Å². The van der Waals surface area contributed by atoms with Crippen molar-refractivity contribution in [3.05, 3.63) is 35.4 Å². The lowest BCUT2D eigenvalue weighted by molar-refractivity contribution is -0.132. The number of amides is 1. The van der Waals surface area contributed by atoms with Gasteiger partial charge in [-0.3, -0.25) is 4.79 Å². The second-order valence-corrected chi connectivity index (χ2v) is 7.77. The SMILES string of the molecule is CN1CCN(C(=O)CCC2CC2c2ccc(C3CC3)cc2)CC1. The van der Waals surface area contributed by atoms with Gasteiger partial charge in [0.2, 0.25) is 5.91 Å². The first-order valence-corrected chi connectivity index (χ1v) is 9.27. The van der Waals surface area contributed by atoms with Crippen LogP contribution in [0.3, 0.4) is 0 Å². The zero-order valence-corrected chi connectivity index (χ0v) is 14.2. The molecule has 1 aliphatic heterocycles. The third-order valence-electron chi connectivity index (χ3n) is 5.92. The van der Waals surface area contributed by atoms with Crippen molar-refractivity contribution in [2.24, 2.45) is 5.92 Å². The maximum atomic E-state index is 12.3. The molecule has 2 unspecified atom stereocenters. The molecule has 23 heavy (non-hydrogen) atoms. The molecule has 124 valence electrons. The predicted octanol–water partition coefficient (Wildman–Crippen LogP) is 3.22. The number of hydrogen-bond donors (Lipinski definition) is 0. The minimum Gasteiger partial charge on any atom is -0.340 e. The smallest absolute Gasteiger partial charge is 0.222 e. The van der Waals surface area contributed by atoms with E-state index in [0.717, 1.165) is 50.9 Å². The Labute approximate surface area is 139 Å². The second-order valence-electron chi connectivity index (χ2n) is 7.77. The van der Waals surface area contributed by atoms with Crippen LogP contribution in [0.5, 0.6) is 0 Å². The summed E-state index contributed by atoms with van der Waals surface area (Å²) in [5.41, 5.74) is 3.02. The van der Waals surface area contributed by atoms with Crippen molar-refractivity contribution < 1.29 is 4.79 Å². The maximum Gasteiger partial charge on any atom is 0.222 e. The fourth-order valence-electron chi connectivity index (χ4n) is 3.93. The third kappa shape index (κ3) is 3.60. The first-order chi connectivity index (χ1) is 11.2. The number of benzene rings is 1. The van der Waals surface area contributed by atoms with Gasteiger partial charge in [0.15, 0.2) is 0 Å². The zero-order valence-electron chi connectivity index (χ0n) is 14.2. The lowest BCUT2D eigenvalue weighted by Crippen LogP contribution is -2.47. The standard InChI is InChI=1S/C20H28N2O/c1-21-10-12-22(13-11-21)20(23)9-8-18-14-19(18)17-6-4-16(5-7-17)15-2-3-15/h4-7,15,18-19H,2-3,8-14H2,1H3. The van der Waals surface area contributed by atoms with Crippen LogP contribution < -0.4 is 0 Å². The average Bonchev–Trinajstić information content (AvgIpc) is 3.47. The van der Waals surface area contributed by atoms with Crippen molar-refractivity contribution >= 4 is 5.91 Å². The van der Waals surface area contributed by atoms with Crippen molar-refractivity contribution in [2.75, 3.05) is 33.2 Å². The van der Waals surface area contributed by atoms with E-state index in [1.165, 1.54) is 30.4 Å². The molecule has 4 rings (SSSR count). The van der Waals surface area contributed by atoms with Crippen molar-refractivity contribution in [3.63, 3.8) is 0 Å². The summed E-state index contributed by atoms with van der Waals surface area (Å²) in [7, 11) is 2.13. The van der Waals surface area contributed by atoms with E-state index in [1.54, 1.807) is 0 Å². The van der Waals surface area contributed by atoms with E-state index in [1.807, 2.05) is 0 Å². The van der Waals surface area contributed by atoms with Gasteiger partial charge in [-0.05, 0) is 61.6 Å². The van der Waals surface area contributed by atoms with Crippen molar-refractivity contribution in [1.29, 1.82) is 0 Å². The highest BCUT2D eigenvalue weighted by molar-refractivity contribution is 5.76. The van der Waals surface area contributed by atoms with E-state index >= 15 is 0 Å². The van der Waals surface area contributed by atoms with Gasteiger partial charge in [-0.1, -0.05) is 24.3 Å². The topological polar surface area (TPSA) is 23.6 Å². The molecule has 2 aliphatic carbocycles. The molecule has 0 aromatic heterocycles. The Kier molecular flexibility index (Phi) is 4.14. The highest BCUT2D eigenvalue weighted by atomic mass is 16.2. The Morgan fingerprint density at radius 2 is 1.70 bits per heavy atom. The fraction of sp³-hybridized carbons (Fsp3) is 0.650. The number of nitrogens with zero attached hydrogens (tertiary/aromatic N) is 2. The molecule has 3 nitrogen and oxygen atoms in total. The van der Waals surface area contributed by atoms with E-state index in [-0.39, 0.29) is 0 Å². The lowest BCUT2D eigenvalue weighted by atomic mass is 10.0. The van der Waals surface area contributed by atoms with Gasteiger partial charge in [-0.25, -0.2) is 0 Å². The molecule has 0 radical (unpaired) electrons. The van der Waals surface area contributed by atoms with Gasteiger partial charge in [0.1, 0.15) is 0 Å². The monoisotopic (exact) mass is 312 g/mol. The van der Waals surface area contributed by atoms with Crippen LogP contribution in [0, 0.1) is 5.92 Å². The number of piperazine rings is 1. The van der Waals surface area contributed by atoms with Gasteiger partial charge in [-0.15, -0.1) is 0 Å². The van der Waals surface area contributed by atoms with Crippen LogP contribution in [0.2, 0.25) is 0 Å². The summed E-state index contributed by atoms with van der Waals surface area (Å²) >= 11 is 0. The summed E-state index contributed by atoms with van der Waals surface area (Å²) in [6, 6.07) is 9.33. The first kappa shape index (κ1) is 15.2. The number of carbonyl (C=O) groups is 1. The summed E-state index contributed by atoms with van der Waals surface area (Å²) in [5, 5.41) is 0. The fourth-order valence-corrected chi connectivity index (χ4v) is 3.93. The average molecular weight is 312 g/mol. The predicted molar refractivity (Wildman–Crippen MR) is 92.6 cm³/mol. The Hall–Kier alpha value is -1.35. The molecule has 0 N–H and O–H groups in total. The minimum absolute atomic E-state index is 0.368. The summed E-state index contributed by atoms with van der Waals surface area (Å²) in [5.74, 6) is 2.66. The number of likely N-dealkylation sites (N-methyl/N-ethyl adjacent to an activating group) is 1. The molecule has 1 aromatic carbocycles. The molecule has 1 amide bonds. The maximum absolute atomic E-state index is 12.3. The molecule has 2 atom stereocenters. The van der Waals surface area contributed by atoms with E-state index in [2.05, 4.69) is 41.1 Å². The Balaban J connectivity index is 1.23. The summed E-state index contributed by atoms with van der Waals surface area (Å²) < 4.78 is 0. The molecular formula is C20H28N2O. The molecular weight excluding hydrogens is 284 g/mol. The first-order valence-electron chi connectivity index (χ1n) is 9.27. The summed E-state index contributed by atoms with van der Waals surface area (Å²) in [6.07, 6.45) is 5.84. The number of carbonyl (C=O) groups excluding carboxylic acids is 1. The van der Waals surface area contributed by atoms with Gasteiger partial charge in [-0.2, -0.15) is 0 Å². The minimum atomic E-state index is 0.368. The van der Waals surface area contributed by atoms with Crippen LogP contribution in [0.4, 0.5) is 0 Å². The van der Waals surface area contributed by atoms with Crippen molar-refractivity contribution in [2.45, 2.75) is 43.9 Å². The summed E-state index contributed by atoms with van der Waals surface area (Å²) in [6.45, 7) is 3.86. The van der Waals surface area contributed by atoms with E-state index in [9.17, 15) is 4.79 Å². The van der Waals surface area contributed by atoms with Crippen molar-refractivity contribution in [3.8, 4) is 0 Å². The van der Waals surface area contributed by atoms with Crippen LogP contribution in [-0.4, -0.2) is 48.9 Å². The highest BCUT2D eigenvalue weighted by Gasteiger charge is 2.38. The Bertz CT molecular complexity index is 556. The Morgan fingerprint density at radius 1 is 1.04 bits per heavy atom. The molecule has 3 heteroatoms. The third-order valence-corrected chi connectivity index (χ3v) is 5.92. The normalized spacial score (nSPS) is 28.0. The molecule has 2 saturated carbocycles. The molecule has 3 aliphatic rings. The van der Waals surface area contributed by atoms with Gasteiger partial charge in [0.05, 0.1) is 0 Å². The molecule has 0 bridgehead atoms. The second kappa shape index (κ2) is 6.27. The molecule has 1 heterocycles. The van der Waals surface area contributed by atoms with Gasteiger partial charge in [0.25, 0.3) is 0 Å². The van der Waals surface area contributed by atoms with Crippen LogP contribution in [0.15, 0.2) is 24.3 Å². The molecule has 0 spiro atoms. The Morgan fingerprint density at radius 3 is 2.35 bits per heavy atom. The highest BCUT2D eigenvalue weighted by Crippen LogP contribution is 2.50. The molecule has 1 aromatic rings. The van der Waals surface area contributed by atoms with E-state index in [0.29, 0.717) is 11.8 Å². The summed E-state index contributed by atoms with van der Waals surface area (Å²) in [4.78, 5) is 16.7. The quantitative estimate of drug-likeness (QED) is 0.833. The molecule has 3 fully saturated rings.